The smallest absolute Gasteiger partial charge is 0.383 e. The van der Waals surface area contributed by atoms with Gasteiger partial charge in [0.05, 0.1) is 18.3 Å². The fraction of sp³-hybridized carbons (Fsp3) is 0.0833. The molecule has 0 bridgehead atoms. The molecule has 0 radical (unpaired) electrons. The summed E-state index contributed by atoms with van der Waals surface area (Å²) in [5.74, 6) is 0.810. The number of hydrogen-bond donors (Lipinski definition) is 2. The van der Waals surface area contributed by atoms with E-state index in [1.54, 1.807) is 19.3 Å². The van der Waals surface area contributed by atoms with Crippen molar-refractivity contribution in [1.82, 2.24) is 4.98 Å². The number of aromatic amines is 1. The lowest BCUT2D eigenvalue weighted by Crippen LogP contribution is -2.46. The molecule has 3 N–H and O–H groups in total. The minimum absolute atomic E-state index is 0.230. The van der Waals surface area contributed by atoms with Gasteiger partial charge in [-0.1, -0.05) is 30.3 Å². The molecule has 0 spiro atoms. The van der Waals surface area contributed by atoms with Gasteiger partial charge in [0, 0.05) is 11.6 Å². The number of benzene rings is 1. The second-order valence-corrected chi connectivity index (χ2v) is 3.83. The molecule has 0 aliphatic rings. The maximum absolute atomic E-state index is 11.4. The molecule has 2 aromatic rings. The van der Waals surface area contributed by atoms with Crippen molar-refractivity contribution in [3.05, 3.63) is 74.0 Å². The molecule has 1 aromatic carbocycles. The van der Waals surface area contributed by atoms with E-state index in [2.05, 4.69) is 9.98 Å². The standard InChI is InChI=1S/C12H12N4O.NO3/c1-16-8-7-10(15-12(16)17)14-11(13)9-5-3-2-4-6-9;2-1(3)4/h2-8H,1H3,(H2,13,14,15,17);/q;-1/p+1. The molecule has 1 aromatic heterocycles. The van der Waals surface area contributed by atoms with Crippen LogP contribution in [0.4, 0.5) is 5.82 Å². The van der Waals surface area contributed by atoms with Crippen molar-refractivity contribution in [1.29, 1.82) is 0 Å². The second-order valence-electron chi connectivity index (χ2n) is 3.83. The topological polar surface area (TPSA) is 141 Å². The molecule has 0 unspecified atom stereocenters. The highest BCUT2D eigenvalue weighted by Gasteiger charge is 2.03. The third-order valence-corrected chi connectivity index (χ3v) is 2.32. The van der Waals surface area contributed by atoms with Gasteiger partial charge in [0.2, 0.25) is 5.82 Å². The molecule has 1 heterocycles. The first-order valence-corrected chi connectivity index (χ1v) is 5.70. The van der Waals surface area contributed by atoms with Crippen LogP contribution in [0.3, 0.4) is 0 Å². The van der Waals surface area contributed by atoms with Gasteiger partial charge in [-0.25, -0.2) is 4.57 Å². The van der Waals surface area contributed by atoms with Crippen LogP contribution >= 0.6 is 0 Å². The fourth-order valence-electron chi connectivity index (χ4n) is 1.36. The van der Waals surface area contributed by atoms with Crippen LogP contribution in [0.2, 0.25) is 0 Å². The molecule has 9 heteroatoms. The fourth-order valence-corrected chi connectivity index (χ4v) is 1.36. The van der Waals surface area contributed by atoms with Crippen molar-refractivity contribution in [3.8, 4) is 0 Å². The molecular weight excluding hydrogens is 278 g/mol. The highest BCUT2D eigenvalue weighted by atomic mass is 16.9. The Morgan fingerprint density at radius 3 is 2.38 bits per heavy atom. The number of amidine groups is 1. The summed E-state index contributed by atoms with van der Waals surface area (Å²) >= 11 is 0. The summed E-state index contributed by atoms with van der Waals surface area (Å²) in [7, 11) is 1.66. The first kappa shape index (κ1) is 15.8. The first-order chi connectivity index (χ1) is 9.90. The minimum Gasteiger partial charge on any atom is -0.383 e. The highest BCUT2D eigenvalue weighted by Crippen LogP contribution is 2.05. The molecule has 0 aliphatic carbocycles. The van der Waals surface area contributed by atoms with Crippen LogP contribution in [0.1, 0.15) is 5.56 Å². The van der Waals surface area contributed by atoms with Crippen LogP contribution in [0.25, 0.3) is 0 Å². The van der Waals surface area contributed by atoms with Crippen LogP contribution < -0.4 is 16.0 Å². The molecule has 110 valence electrons. The Balaban J connectivity index is 0.000000491. The summed E-state index contributed by atoms with van der Waals surface area (Å²) in [6, 6.07) is 11.1. The Labute approximate surface area is 119 Å². The number of nitrogens with two attached hydrogens (primary N) is 1. The van der Waals surface area contributed by atoms with Crippen LogP contribution in [-0.4, -0.2) is 15.9 Å². The van der Waals surface area contributed by atoms with Crippen molar-refractivity contribution in [3.63, 3.8) is 0 Å². The Bertz CT molecular complexity index is 692. The Morgan fingerprint density at radius 2 is 1.86 bits per heavy atom. The lowest BCUT2D eigenvalue weighted by atomic mass is 10.2. The number of aliphatic imine (C=N–C) groups is 1. The summed E-state index contributed by atoms with van der Waals surface area (Å²) in [4.78, 5) is 26.4. The summed E-state index contributed by atoms with van der Waals surface area (Å²) in [6.45, 7) is 0. The zero-order valence-corrected chi connectivity index (χ0v) is 11.1. The van der Waals surface area contributed by atoms with Gasteiger partial charge in [0.1, 0.15) is 5.84 Å². The van der Waals surface area contributed by atoms with Crippen LogP contribution in [0.15, 0.2) is 52.4 Å². The number of H-pyrrole nitrogens is 1. The molecule has 9 nitrogen and oxygen atoms in total. The summed E-state index contributed by atoms with van der Waals surface area (Å²) < 4.78 is 1.43. The van der Waals surface area contributed by atoms with E-state index in [1.165, 1.54) is 4.57 Å². The molecule has 0 fully saturated rings. The molecule has 21 heavy (non-hydrogen) atoms. The van der Waals surface area contributed by atoms with Gasteiger partial charge >= 0.3 is 5.69 Å². The Hall–Kier alpha value is -3.23. The van der Waals surface area contributed by atoms with E-state index in [0.29, 0.717) is 11.7 Å². The van der Waals surface area contributed by atoms with Crippen molar-refractivity contribution in [2.45, 2.75) is 0 Å². The van der Waals surface area contributed by atoms with Crippen molar-refractivity contribution >= 4 is 11.7 Å². The molecule has 0 aliphatic heterocycles. The lowest BCUT2D eigenvalue weighted by molar-refractivity contribution is -0.689. The summed E-state index contributed by atoms with van der Waals surface area (Å²) in [5.41, 5.74) is 6.43. The van der Waals surface area contributed by atoms with Gasteiger partial charge < -0.3 is 21.1 Å². The van der Waals surface area contributed by atoms with Crippen LogP contribution in [0, 0.1) is 15.3 Å². The zero-order chi connectivity index (χ0) is 15.8. The Morgan fingerprint density at radius 1 is 1.29 bits per heavy atom. The summed E-state index contributed by atoms with van der Waals surface area (Å²) in [6.07, 6.45) is 1.63. The van der Waals surface area contributed by atoms with Crippen molar-refractivity contribution in [2.75, 3.05) is 0 Å². The quantitative estimate of drug-likeness (QED) is 0.263. The zero-order valence-electron chi connectivity index (χ0n) is 11.1. The van der Waals surface area contributed by atoms with E-state index >= 15 is 0 Å². The monoisotopic (exact) mass is 291 g/mol. The number of aromatic nitrogens is 2. The second kappa shape index (κ2) is 7.38. The predicted molar refractivity (Wildman–Crippen MR) is 75.4 cm³/mol. The predicted octanol–water partition coefficient (Wildman–Crippen LogP) is -0.00270. The maximum Gasteiger partial charge on any atom is 0.497 e. The minimum atomic E-state index is -1.75. The molecular formula is C12H13N5O4. The molecule has 0 saturated heterocycles. The van der Waals surface area contributed by atoms with E-state index in [-0.39, 0.29) is 5.69 Å². The molecule has 2 rings (SSSR count). The SMILES string of the molecule is C[n+]1ccc(/N=C(\N)c2ccccc2)[nH]c1=O.O=[N+]([O-])[O-]. The largest absolute Gasteiger partial charge is 0.497 e. The first-order valence-electron chi connectivity index (χ1n) is 5.70. The van der Waals surface area contributed by atoms with E-state index in [9.17, 15) is 4.79 Å². The average Bonchev–Trinajstić information content (AvgIpc) is 2.43. The van der Waals surface area contributed by atoms with Crippen LogP contribution in [-0.2, 0) is 7.05 Å². The van der Waals surface area contributed by atoms with Gasteiger partial charge in [-0.05, 0) is 0 Å². The van der Waals surface area contributed by atoms with Gasteiger partial charge in [-0.15, -0.1) is 0 Å². The average molecular weight is 291 g/mol. The lowest BCUT2D eigenvalue weighted by Gasteiger charge is -1.98. The third kappa shape index (κ3) is 5.51. The maximum atomic E-state index is 11.4. The normalized spacial score (nSPS) is 10.4. The number of nitrogens with one attached hydrogen (secondary N) is 1. The van der Waals surface area contributed by atoms with Crippen molar-refractivity contribution in [2.24, 2.45) is 17.8 Å². The number of hydrogen-bond acceptors (Lipinski definition) is 5. The van der Waals surface area contributed by atoms with Gasteiger partial charge in [-0.3, -0.25) is 0 Å². The van der Waals surface area contributed by atoms with E-state index in [1.807, 2.05) is 30.3 Å². The molecule has 0 saturated carbocycles. The van der Waals surface area contributed by atoms with Gasteiger partial charge in [-0.2, -0.15) is 14.8 Å². The van der Waals surface area contributed by atoms with Gasteiger partial charge in [0.15, 0.2) is 0 Å². The number of aryl methyl sites for hydroxylation is 1. The molecule has 0 atom stereocenters. The third-order valence-electron chi connectivity index (χ3n) is 2.32. The van der Waals surface area contributed by atoms with Gasteiger partial charge in [0.25, 0.3) is 0 Å². The van der Waals surface area contributed by atoms with Crippen LogP contribution in [0.5, 0.6) is 0 Å². The van der Waals surface area contributed by atoms with E-state index < -0.39 is 5.09 Å². The van der Waals surface area contributed by atoms with E-state index in [0.717, 1.165) is 5.56 Å². The van der Waals surface area contributed by atoms with E-state index in [4.69, 9.17) is 21.1 Å². The number of rotatable bonds is 2. The highest BCUT2D eigenvalue weighted by molar-refractivity contribution is 5.98. The Kier molecular flexibility index (Phi) is 5.56. The summed E-state index contributed by atoms with van der Waals surface area (Å²) in [5, 5.41) is 14.8. The molecule has 0 amide bonds. The number of nitrogens with zero attached hydrogens (tertiary/aromatic N) is 3. The van der Waals surface area contributed by atoms with Crippen molar-refractivity contribution < 1.29 is 9.65 Å².